The number of rotatable bonds is 3. The molecule has 0 saturated heterocycles. The van der Waals surface area contributed by atoms with Crippen molar-refractivity contribution in [1.82, 2.24) is 15.2 Å². The predicted molar refractivity (Wildman–Crippen MR) is 92.6 cm³/mol. The second-order valence-corrected chi connectivity index (χ2v) is 6.26. The van der Waals surface area contributed by atoms with E-state index >= 15 is 0 Å². The minimum absolute atomic E-state index is 0.00171. The number of nitrogens with zero attached hydrogens (tertiary/aromatic N) is 1. The Morgan fingerprint density at radius 3 is 2.92 bits per heavy atom. The smallest absolute Gasteiger partial charge is 0.225 e. The molecule has 1 aromatic carbocycles. The Morgan fingerprint density at radius 1 is 1.33 bits per heavy atom. The Bertz CT molecular complexity index is 846. The number of allylic oxidation sites excluding steroid dienone is 1. The maximum atomic E-state index is 12.7. The highest BCUT2D eigenvalue weighted by Gasteiger charge is 2.34. The molecule has 5 nitrogen and oxygen atoms in total. The van der Waals surface area contributed by atoms with Crippen molar-refractivity contribution in [1.29, 1.82) is 0 Å². The van der Waals surface area contributed by atoms with Gasteiger partial charge in [0, 0.05) is 24.5 Å². The number of aromatic amines is 1. The van der Waals surface area contributed by atoms with E-state index in [-0.39, 0.29) is 17.6 Å². The number of H-pyrrole nitrogens is 1. The Labute approximate surface area is 140 Å². The first-order chi connectivity index (χ1) is 11.6. The van der Waals surface area contributed by atoms with Crippen LogP contribution in [0.2, 0.25) is 0 Å². The highest BCUT2D eigenvalue weighted by atomic mass is 16.3. The largest absolute Gasteiger partial charge is 0.508 e. The fourth-order valence-electron chi connectivity index (χ4n) is 3.37. The molecule has 2 heterocycles. The molecule has 0 bridgehead atoms. The minimum Gasteiger partial charge on any atom is -0.508 e. The first-order valence-electron chi connectivity index (χ1n) is 8.02. The van der Waals surface area contributed by atoms with Crippen LogP contribution in [0, 0.1) is 0 Å². The van der Waals surface area contributed by atoms with E-state index in [2.05, 4.69) is 22.2 Å². The van der Waals surface area contributed by atoms with Gasteiger partial charge in [0.05, 0.1) is 17.4 Å². The molecule has 2 aromatic rings. The van der Waals surface area contributed by atoms with E-state index in [9.17, 15) is 9.90 Å². The predicted octanol–water partition coefficient (Wildman–Crippen LogP) is 2.59. The van der Waals surface area contributed by atoms with Gasteiger partial charge in [-0.3, -0.25) is 9.69 Å². The van der Waals surface area contributed by atoms with Gasteiger partial charge in [0.1, 0.15) is 5.75 Å². The molecule has 3 N–H and O–H groups in total. The third kappa shape index (κ3) is 2.43. The summed E-state index contributed by atoms with van der Waals surface area (Å²) >= 11 is 0. The van der Waals surface area contributed by atoms with E-state index in [1.165, 1.54) is 5.56 Å². The van der Waals surface area contributed by atoms with Crippen molar-refractivity contribution in [2.24, 2.45) is 0 Å². The molecule has 1 atom stereocenters. The number of carbonyl (C=O) groups is 1. The molecule has 0 amide bonds. The van der Waals surface area contributed by atoms with Crippen LogP contribution in [-0.2, 0) is 6.42 Å². The van der Waals surface area contributed by atoms with Crippen molar-refractivity contribution >= 4 is 11.9 Å². The molecule has 0 fully saturated rings. The molecule has 1 aliphatic heterocycles. The lowest BCUT2D eigenvalue weighted by molar-refractivity contribution is 0.101. The molecule has 2 aliphatic rings. The fourth-order valence-corrected chi connectivity index (χ4v) is 3.37. The summed E-state index contributed by atoms with van der Waals surface area (Å²) < 4.78 is 0. The summed E-state index contributed by atoms with van der Waals surface area (Å²) in [6.07, 6.45) is 8.57. The van der Waals surface area contributed by atoms with Crippen LogP contribution in [0.1, 0.15) is 33.2 Å². The van der Waals surface area contributed by atoms with Crippen LogP contribution in [0.5, 0.6) is 5.75 Å². The van der Waals surface area contributed by atoms with Crippen LogP contribution in [0.3, 0.4) is 0 Å². The Kier molecular flexibility index (Phi) is 3.50. The zero-order valence-electron chi connectivity index (χ0n) is 13.4. The summed E-state index contributed by atoms with van der Waals surface area (Å²) in [7, 11) is 2.08. The zero-order valence-corrected chi connectivity index (χ0v) is 13.4. The van der Waals surface area contributed by atoms with Gasteiger partial charge in [0.25, 0.3) is 0 Å². The number of ketones is 1. The molecule has 5 heteroatoms. The molecule has 0 saturated carbocycles. The summed E-state index contributed by atoms with van der Waals surface area (Å²) in [6.45, 7) is 0.982. The van der Waals surface area contributed by atoms with Crippen molar-refractivity contribution < 1.29 is 9.90 Å². The molecule has 24 heavy (non-hydrogen) atoms. The fraction of sp³-hybridized carbons (Fsp3) is 0.211. The maximum absolute atomic E-state index is 12.7. The van der Waals surface area contributed by atoms with Crippen LogP contribution in [0.4, 0.5) is 0 Å². The molecule has 1 aromatic heterocycles. The number of hydrogen-bond acceptors (Lipinski definition) is 4. The van der Waals surface area contributed by atoms with Crippen molar-refractivity contribution in [3.8, 4) is 5.75 Å². The van der Waals surface area contributed by atoms with Crippen LogP contribution in [-0.4, -0.2) is 34.4 Å². The first kappa shape index (κ1) is 14.8. The number of likely N-dealkylation sites (N-methyl/N-ethyl adjacent to an activating group) is 1. The summed E-state index contributed by atoms with van der Waals surface area (Å²) in [5, 5.41) is 12.4. The van der Waals surface area contributed by atoms with Gasteiger partial charge in [-0.15, -0.1) is 0 Å². The molecular formula is C19H19N3O2. The summed E-state index contributed by atoms with van der Waals surface area (Å²) in [4.78, 5) is 18.1. The standard InChI is InChI=1S/C19H19N3O2/c1-22-9-7-13-11-21-18-17(13)16(22)10-15(19(18)24)20-8-6-12-2-4-14(23)5-3-12/h2-6,8,10-11,16,20-21,23H,7,9H2,1H3. The van der Waals surface area contributed by atoms with Gasteiger partial charge in [-0.05, 0) is 48.9 Å². The van der Waals surface area contributed by atoms with Crippen molar-refractivity contribution in [2.45, 2.75) is 12.5 Å². The van der Waals surface area contributed by atoms with Gasteiger partial charge in [-0.2, -0.15) is 0 Å². The first-order valence-corrected chi connectivity index (χ1v) is 8.02. The average Bonchev–Trinajstić information content (AvgIpc) is 3.01. The lowest BCUT2D eigenvalue weighted by Gasteiger charge is -2.34. The van der Waals surface area contributed by atoms with E-state index in [1.807, 2.05) is 30.5 Å². The number of hydrogen-bond donors (Lipinski definition) is 3. The lowest BCUT2D eigenvalue weighted by atomic mass is 9.88. The van der Waals surface area contributed by atoms with Gasteiger partial charge in [-0.1, -0.05) is 12.1 Å². The molecule has 1 aliphatic carbocycles. The highest BCUT2D eigenvalue weighted by Crippen LogP contribution is 2.37. The van der Waals surface area contributed by atoms with Crippen LogP contribution in [0.25, 0.3) is 6.08 Å². The number of carbonyl (C=O) groups excluding carboxylic acids is 1. The number of aromatic hydroxyl groups is 1. The van der Waals surface area contributed by atoms with Gasteiger partial charge in [-0.25, -0.2) is 0 Å². The molecule has 1 unspecified atom stereocenters. The monoisotopic (exact) mass is 321 g/mol. The van der Waals surface area contributed by atoms with Crippen molar-refractivity contribution in [3.63, 3.8) is 0 Å². The van der Waals surface area contributed by atoms with Crippen LogP contribution >= 0.6 is 0 Å². The molecular weight excluding hydrogens is 302 g/mol. The van der Waals surface area contributed by atoms with Crippen LogP contribution < -0.4 is 5.32 Å². The minimum atomic E-state index is -0.00171. The second kappa shape index (κ2) is 5.69. The summed E-state index contributed by atoms with van der Waals surface area (Å²) in [6, 6.07) is 7.03. The quantitative estimate of drug-likeness (QED) is 0.813. The number of benzene rings is 1. The van der Waals surface area contributed by atoms with E-state index < -0.39 is 0 Å². The van der Waals surface area contributed by atoms with Gasteiger partial charge < -0.3 is 15.4 Å². The lowest BCUT2D eigenvalue weighted by Crippen LogP contribution is -2.35. The number of aromatic nitrogens is 1. The topological polar surface area (TPSA) is 68.4 Å². The van der Waals surface area contributed by atoms with E-state index in [4.69, 9.17) is 0 Å². The van der Waals surface area contributed by atoms with Gasteiger partial charge >= 0.3 is 0 Å². The SMILES string of the molecule is CN1CCc2c[nH]c3c2C1C=C(NC=Cc1ccc(O)cc1)C3=O. The Balaban J connectivity index is 1.57. The van der Waals surface area contributed by atoms with E-state index in [0.717, 1.165) is 24.1 Å². The third-order valence-corrected chi connectivity index (χ3v) is 4.71. The average molecular weight is 321 g/mol. The third-order valence-electron chi connectivity index (χ3n) is 4.71. The Hall–Kier alpha value is -2.79. The van der Waals surface area contributed by atoms with Gasteiger partial charge in [0.15, 0.2) is 0 Å². The number of phenols is 1. The number of phenolic OH excluding ortho intramolecular Hbond substituents is 1. The molecule has 4 rings (SSSR count). The Morgan fingerprint density at radius 2 is 2.12 bits per heavy atom. The highest BCUT2D eigenvalue weighted by molar-refractivity contribution is 6.10. The number of Topliss-reactive ketones (excluding diaryl/α,β-unsaturated/α-hetero) is 1. The second-order valence-electron chi connectivity index (χ2n) is 6.26. The van der Waals surface area contributed by atoms with Crippen molar-refractivity contribution in [3.05, 3.63) is 70.8 Å². The van der Waals surface area contributed by atoms with E-state index in [1.54, 1.807) is 18.3 Å². The van der Waals surface area contributed by atoms with Crippen molar-refractivity contribution in [2.75, 3.05) is 13.6 Å². The maximum Gasteiger partial charge on any atom is 0.225 e. The van der Waals surface area contributed by atoms with E-state index in [0.29, 0.717) is 11.4 Å². The normalized spacial score (nSPS) is 20.1. The zero-order chi connectivity index (χ0) is 16.7. The molecule has 0 radical (unpaired) electrons. The summed E-state index contributed by atoms with van der Waals surface area (Å²) in [5.41, 5.74) is 4.61. The van der Waals surface area contributed by atoms with Crippen LogP contribution in [0.15, 0.2) is 48.4 Å². The molecule has 0 spiro atoms. The molecule has 122 valence electrons. The van der Waals surface area contributed by atoms with Gasteiger partial charge in [0.2, 0.25) is 5.78 Å². The summed E-state index contributed by atoms with van der Waals surface area (Å²) in [5.74, 6) is 0.235. The number of nitrogens with one attached hydrogen (secondary N) is 2.